The Bertz CT molecular complexity index is 440. The summed E-state index contributed by atoms with van der Waals surface area (Å²) in [7, 11) is 1.38. The second kappa shape index (κ2) is 5.99. The van der Waals surface area contributed by atoms with Crippen LogP contribution in [-0.2, 0) is 4.74 Å². The maximum Gasteiger partial charge on any atom is 0.343 e. The van der Waals surface area contributed by atoms with Crippen LogP contribution >= 0.6 is 0 Å². The molecule has 0 amide bonds. The van der Waals surface area contributed by atoms with Gasteiger partial charge in [-0.1, -0.05) is 13.8 Å². The van der Waals surface area contributed by atoms with E-state index in [-0.39, 0.29) is 5.97 Å². The number of aromatic nitrogens is 2. The van der Waals surface area contributed by atoms with E-state index in [4.69, 9.17) is 4.74 Å². The van der Waals surface area contributed by atoms with Gasteiger partial charge in [0.05, 0.1) is 7.11 Å². The Morgan fingerprint density at radius 3 is 2.68 bits per heavy atom. The molecule has 0 radical (unpaired) electrons. The molecule has 0 aliphatic carbocycles. The minimum absolute atomic E-state index is 0.374. The fraction of sp³-hybridized carbons (Fsp3) is 0.643. The van der Waals surface area contributed by atoms with Gasteiger partial charge in [-0.05, 0) is 24.7 Å². The van der Waals surface area contributed by atoms with Crippen molar-refractivity contribution < 1.29 is 9.53 Å². The molecule has 0 N–H and O–H groups in total. The second-order valence-corrected chi connectivity index (χ2v) is 5.32. The summed E-state index contributed by atoms with van der Waals surface area (Å²) >= 11 is 0. The van der Waals surface area contributed by atoms with E-state index in [0.717, 1.165) is 31.8 Å². The van der Waals surface area contributed by atoms with Gasteiger partial charge in [-0.25, -0.2) is 14.8 Å². The average Bonchev–Trinajstić information content (AvgIpc) is 2.46. The van der Waals surface area contributed by atoms with Crippen molar-refractivity contribution in [1.29, 1.82) is 0 Å². The van der Waals surface area contributed by atoms with E-state index < -0.39 is 0 Å². The highest BCUT2D eigenvalue weighted by molar-refractivity contribution is 5.94. The van der Waals surface area contributed by atoms with Crippen LogP contribution in [0.15, 0.2) is 12.5 Å². The van der Waals surface area contributed by atoms with Crippen molar-refractivity contribution in [2.45, 2.75) is 26.7 Å². The number of rotatable bonds is 3. The number of carbonyl (C=O) groups is 1. The highest BCUT2D eigenvalue weighted by Crippen LogP contribution is 2.28. The summed E-state index contributed by atoms with van der Waals surface area (Å²) < 4.78 is 4.78. The second-order valence-electron chi connectivity index (χ2n) is 5.32. The largest absolute Gasteiger partial charge is 0.465 e. The Labute approximate surface area is 114 Å². The van der Waals surface area contributed by atoms with E-state index in [1.165, 1.54) is 19.6 Å². The zero-order valence-corrected chi connectivity index (χ0v) is 11.8. The molecule has 0 bridgehead atoms. The van der Waals surface area contributed by atoms with Crippen molar-refractivity contribution in [3.63, 3.8) is 0 Å². The topological polar surface area (TPSA) is 55.3 Å². The molecule has 0 unspecified atom stereocenters. The third-order valence-corrected chi connectivity index (χ3v) is 3.88. The normalized spacial score (nSPS) is 16.7. The van der Waals surface area contributed by atoms with Crippen molar-refractivity contribution in [2.75, 3.05) is 25.1 Å². The Hall–Kier alpha value is -1.65. The summed E-state index contributed by atoms with van der Waals surface area (Å²) in [5, 5.41) is 0. The van der Waals surface area contributed by atoms with E-state index in [1.807, 2.05) is 0 Å². The first-order chi connectivity index (χ1) is 9.13. The number of hydrogen-bond acceptors (Lipinski definition) is 5. The molecule has 5 nitrogen and oxygen atoms in total. The molecule has 1 aliphatic rings. The Morgan fingerprint density at radius 2 is 2.11 bits per heavy atom. The predicted molar refractivity (Wildman–Crippen MR) is 73.1 cm³/mol. The molecule has 0 spiro atoms. The van der Waals surface area contributed by atoms with Crippen LogP contribution in [0.2, 0.25) is 0 Å². The van der Waals surface area contributed by atoms with Crippen LogP contribution in [0.4, 0.5) is 5.82 Å². The lowest BCUT2D eigenvalue weighted by molar-refractivity contribution is 0.0600. The van der Waals surface area contributed by atoms with Crippen LogP contribution in [0.5, 0.6) is 0 Å². The van der Waals surface area contributed by atoms with Crippen molar-refractivity contribution in [2.24, 2.45) is 11.8 Å². The van der Waals surface area contributed by atoms with Crippen LogP contribution in [0.25, 0.3) is 0 Å². The number of methoxy groups -OCH3 is 1. The minimum atomic E-state index is -0.374. The fourth-order valence-electron chi connectivity index (χ4n) is 2.61. The first kappa shape index (κ1) is 13.8. The maximum atomic E-state index is 11.7. The summed E-state index contributed by atoms with van der Waals surface area (Å²) in [6.45, 7) is 6.41. The van der Waals surface area contributed by atoms with Gasteiger partial charge in [-0.15, -0.1) is 0 Å². The Kier molecular flexibility index (Phi) is 4.35. The number of hydrogen-bond donors (Lipinski definition) is 0. The number of ether oxygens (including phenoxy) is 1. The first-order valence-corrected chi connectivity index (χ1v) is 6.76. The van der Waals surface area contributed by atoms with Gasteiger partial charge in [0.1, 0.15) is 17.7 Å². The van der Waals surface area contributed by atoms with Gasteiger partial charge in [-0.2, -0.15) is 0 Å². The lowest BCUT2D eigenvalue weighted by Crippen LogP contribution is -2.36. The molecule has 1 aliphatic heterocycles. The summed E-state index contributed by atoms with van der Waals surface area (Å²) in [6, 6.07) is 0. The van der Waals surface area contributed by atoms with Gasteiger partial charge in [0.2, 0.25) is 0 Å². The van der Waals surface area contributed by atoms with Crippen LogP contribution in [-0.4, -0.2) is 36.1 Å². The summed E-state index contributed by atoms with van der Waals surface area (Å²) in [5.74, 6) is 1.80. The predicted octanol–water partition coefficient (Wildman–Crippen LogP) is 2.14. The highest BCUT2D eigenvalue weighted by Gasteiger charge is 2.25. The number of piperidine rings is 1. The lowest BCUT2D eigenvalue weighted by Gasteiger charge is -2.35. The molecule has 2 rings (SSSR count). The van der Waals surface area contributed by atoms with Gasteiger partial charge in [0.25, 0.3) is 0 Å². The molecule has 2 heterocycles. The van der Waals surface area contributed by atoms with Crippen LogP contribution in [0.1, 0.15) is 37.0 Å². The van der Waals surface area contributed by atoms with Crippen molar-refractivity contribution in [3.05, 3.63) is 18.1 Å². The molecule has 0 saturated carbocycles. The van der Waals surface area contributed by atoms with E-state index in [9.17, 15) is 4.79 Å². The average molecular weight is 263 g/mol. The lowest BCUT2D eigenvalue weighted by atomic mass is 9.86. The SMILES string of the molecule is COC(=O)c1cncnc1N1CCC(C(C)C)CC1. The van der Waals surface area contributed by atoms with Crippen LogP contribution in [0.3, 0.4) is 0 Å². The van der Waals surface area contributed by atoms with Crippen molar-refractivity contribution >= 4 is 11.8 Å². The van der Waals surface area contributed by atoms with E-state index in [1.54, 1.807) is 0 Å². The molecule has 1 aromatic heterocycles. The van der Waals surface area contributed by atoms with Crippen LogP contribution < -0.4 is 4.90 Å². The minimum Gasteiger partial charge on any atom is -0.465 e. The zero-order chi connectivity index (χ0) is 13.8. The molecular formula is C14H21N3O2. The molecule has 5 heteroatoms. The molecule has 1 saturated heterocycles. The number of esters is 1. The first-order valence-electron chi connectivity index (χ1n) is 6.76. The van der Waals surface area contributed by atoms with Gasteiger partial charge >= 0.3 is 5.97 Å². The Morgan fingerprint density at radius 1 is 1.42 bits per heavy atom. The van der Waals surface area contributed by atoms with Gasteiger partial charge < -0.3 is 9.64 Å². The van der Waals surface area contributed by atoms with E-state index in [0.29, 0.717) is 17.3 Å². The third-order valence-electron chi connectivity index (χ3n) is 3.88. The highest BCUT2D eigenvalue weighted by atomic mass is 16.5. The smallest absolute Gasteiger partial charge is 0.343 e. The molecule has 1 aromatic rings. The van der Waals surface area contributed by atoms with Gasteiger partial charge in [-0.3, -0.25) is 0 Å². The zero-order valence-electron chi connectivity index (χ0n) is 11.8. The van der Waals surface area contributed by atoms with Crippen LogP contribution in [0, 0.1) is 11.8 Å². The molecule has 1 fully saturated rings. The van der Waals surface area contributed by atoms with Gasteiger partial charge in [0.15, 0.2) is 0 Å². The maximum absolute atomic E-state index is 11.7. The number of carbonyl (C=O) groups excluding carboxylic acids is 1. The molecule has 19 heavy (non-hydrogen) atoms. The number of anilines is 1. The molecule has 104 valence electrons. The quantitative estimate of drug-likeness (QED) is 0.782. The van der Waals surface area contributed by atoms with E-state index in [2.05, 4.69) is 28.7 Å². The van der Waals surface area contributed by atoms with Crippen molar-refractivity contribution in [3.8, 4) is 0 Å². The van der Waals surface area contributed by atoms with Gasteiger partial charge in [0, 0.05) is 19.3 Å². The third kappa shape index (κ3) is 3.03. The van der Waals surface area contributed by atoms with E-state index >= 15 is 0 Å². The van der Waals surface area contributed by atoms with Crippen molar-refractivity contribution in [1.82, 2.24) is 9.97 Å². The summed E-state index contributed by atoms with van der Waals surface area (Å²) in [5.41, 5.74) is 0.452. The molecule has 0 atom stereocenters. The standard InChI is InChI=1S/C14H21N3O2/c1-10(2)11-4-6-17(7-5-11)13-12(14(18)19-3)8-15-9-16-13/h8-11H,4-7H2,1-3H3. The monoisotopic (exact) mass is 263 g/mol. The Balaban J connectivity index is 2.13. The summed E-state index contributed by atoms with van der Waals surface area (Å²) in [6.07, 6.45) is 5.30. The number of nitrogens with zero attached hydrogens (tertiary/aromatic N) is 3. The molecular weight excluding hydrogens is 242 g/mol. The molecule has 0 aromatic carbocycles. The fourth-order valence-corrected chi connectivity index (χ4v) is 2.61. The summed E-state index contributed by atoms with van der Waals surface area (Å²) in [4.78, 5) is 22.0.